The Morgan fingerprint density at radius 2 is 2.23 bits per heavy atom. The van der Waals surface area contributed by atoms with Gasteiger partial charge in [-0.3, -0.25) is 0 Å². The number of nitrogens with two attached hydrogens (primary N) is 1. The van der Waals surface area contributed by atoms with Gasteiger partial charge in [-0.1, -0.05) is 0 Å². The number of pyridine rings is 2. The van der Waals surface area contributed by atoms with Gasteiger partial charge in [0.25, 0.3) is 0 Å². The summed E-state index contributed by atoms with van der Waals surface area (Å²) in [4.78, 5) is 8.45. The second-order valence-electron chi connectivity index (χ2n) is 2.71. The third-order valence-electron chi connectivity index (χ3n) is 1.78. The minimum absolute atomic E-state index is 0.452. The first kappa shape index (κ1) is 8.59. The molecule has 0 atom stereocenters. The van der Waals surface area contributed by atoms with Crippen molar-refractivity contribution >= 4 is 27.0 Å². The zero-order chi connectivity index (χ0) is 9.26. The molecule has 2 N–H and O–H groups in total. The number of rotatable bonds is 1. The fourth-order valence-corrected chi connectivity index (χ4v) is 1.49. The SMILES string of the molecule is NCc1ccc2cc(Br)cnc2n1. The van der Waals surface area contributed by atoms with Crippen LogP contribution in [-0.2, 0) is 6.54 Å². The lowest BCUT2D eigenvalue weighted by molar-refractivity contribution is 0.999. The molecule has 0 aliphatic heterocycles. The summed E-state index contributed by atoms with van der Waals surface area (Å²) in [5.74, 6) is 0. The van der Waals surface area contributed by atoms with E-state index in [1.165, 1.54) is 0 Å². The fourth-order valence-electron chi connectivity index (χ4n) is 1.14. The van der Waals surface area contributed by atoms with Gasteiger partial charge >= 0.3 is 0 Å². The van der Waals surface area contributed by atoms with Crippen LogP contribution in [0.1, 0.15) is 5.69 Å². The molecule has 0 unspecified atom stereocenters. The van der Waals surface area contributed by atoms with E-state index in [1.54, 1.807) is 6.20 Å². The average molecular weight is 238 g/mol. The highest BCUT2D eigenvalue weighted by Crippen LogP contribution is 2.15. The molecule has 0 amide bonds. The molecular weight excluding hydrogens is 230 g/mol. The maximum atomic E-state index is 5.47. The Bertz CT molecular complexity index is 442. The number of aromatic nitrogens is 2. The van der Waals surface area contributed by atoms with Crippen molar-refractivity contribution in [3.8, 4) is 0 Å². The lowest BCUT2D eigenvalue weighted by Crippen LogP contribution is -1.99. The molecule has 0 radical (unpaired) electrons. The smallest absolute Gasteiger partial charge is 0.159 e. The third-order valence-corrected chi connectivity index (χ3v) is 2.21. The van der Waals surface area contributed by atoms with E-state index in [0.29, 0.717) is 6.54 Å². The van der Waals surface area contributed by atoms with Crippen molar-refractivity contribution in [1.82, 2.24) is 9.97 Å². The lowest BCUT2D eigenvalue weighted by atomic mass is 10.2. The monoisotopic (exact) mass is 237 g/mol. The Morgan fingerprint density at radius 3 is 3.00 bits per heavy atom. The summed E-state index contributed by atoms with van der Waals surface area (Å²) in [6.45, 7) is 0.452. The molecule has 2 rings (SSSR count). The predicted molar refractivity (Wildman–Crippen MR) is 55.1 cm³/mol. The van der Waals surface area contributed by atoms with Crippen molar-refractivity contribution < 1.29 is 0 Å². The van der Waals surface area contributed by atoms with Gasteiger partial charge in [0.15, 0.2) is 5.65 Å². The minimum Gasteiger partial charge on any atom is -0.325 e. The van der Waals surface area contributed by atoms with E-state index >= 15 is 0 Å². The van der Waals surface area contributed by atoms with Crippen molar-refractivity contribution in [2.75, 3.05) is 0 Å². The first-order valence-corrected chi connectivity index (χ1v) is 4.70. The van der Waals surface area contributed by atoms with Crippen LogP contribution in [0.2, 0.25) is 0 Å². The van der Waals surface area contributed by atoms with E-state index < -0.39 is 0 Å². The van der Waals surface area contributed by atoms with Crippen molar-refractivity contribution in [2.24, 2.45) is 5.73 Å². The Kier molecular flexibility index (Phi) is 2.24. The van der Waals surface area contributed by atoms with Crippen LogP contribution in [0.4, 0.5) is 0 Å². The van der Waals surface area contributed by atoms with Gasteiger partial charge in [-0.05, 0) is 34.1 Å². The first-order chi connectivity index (χ1) is 6.29. The fraction of sp³-hybridized carbons (Fsp3) is 0.111. The highest BCUT2D eigenvalue weighted by molar-refractivity contribution is 9.10. The summed E-state index contributed by atoms with van der Waals surface area (Å²) in [5.41, 5.74) is 7.08. The molecule has 0 saturated carbocycles. The van der Waals surface area contributed by atoms with E-state index in [2.05, 4.69) is 25.9 Å². The van der Waals surface area contributed by atoms with Crippen LogP contribution in [0.15, 0.2) is 28.9 Å². The van der Waals surface area contributed by atoms with Crippen molar-refractivity contribution in [3.05, 3.63) is 34.6 Å². The maximum absolute atomic E-state index is 5.47. The Hall–Kier alpha value is -1.00. The van der Waals surface area contributed by atoms with Gasteiger partial charge in [0.1, 0.15) is 0 Å². The summed E-state index contributed by atoms with van der Waals surface area (Å²) < 4.78 is 0.960. The number of nitrogens with zero attached hydrogens (tertiary/aromatic N) is 2. The van der Waals surface area contributed by atoms with Crippen LogP contribution in [0.25, 0.3) is 11.0 Å². The highest BCUT2D eigenvalue weighted by Gasteiger charge is 1.98. The molecule has 3 nitrogen and oxygen atoms in total. The second kappa shape index (κ2) is 3.40. The van der Waals surface area contributed by atoms with Crippen molar-refractivity contribution in [3.63, 3.8) is 0 Å². The molecular formula is C9H8BrN3. The van der Waals surface area contributed by atoms with Crippen LogP contribution < -0.4 is 5.73 Å². The Labute approximate surface area is 84.1 Å². The third kappa shape index (κ3) is 1.68. The van der Waals surface area contributed by atoms with Gasteiger partial charge in [-0.15, -0.1) is 0 Å². The van der Waals surface area contributed by atoms with Gasteiger partial charge in [-0.2, -0.15) is 0 Å². The first-order valence-electron chi connectivity index (χ1n) is 3.91. The van der Waals surface area contributed by atoms with Crippen molar-refractivity contribution in [1.29, 1.82) is 0 Å². The van der Waals surface area contributed by atoms with Gasteiger partial charge in [0, 0.05) is 22.6 Å². The molecule has 0 saturated heterocycles. The van der Waals surface area contributed by atoms with Crippen LogP contribution in [0, 0.1) is 0 Å². The van der Waals surface area contributed by atoms with Gasteiger partial charge in [0.2, 0.25) is 0 Å². The molecule has 66 valence electrons. The summed E-state index contributed by atoms with van der Waals surface area (Å²) in [7, 11) is 0. The van der Waals surface area contributed by atoms with Crippen LogP contribution in [-0.4, -0.2) is 9.97 Å². The molecule has 0 aliphatic rings. The summed E-state index contributed by atoms with van der Waals surface area (Å²) >= 11 is 3.35. The minimum atomic E-state index is 0.452. The number of hydrogen-bond donors (Lipinski definition) is 1. The summed E-state index contributed by atoms with van der Waals surface area (Å²) in [5, 5.41) is 1.02. The number of fused-ring (bicyclic) bond motifs is 1. The normalized spacial score (nSPS) is 10.6. The molecule has 2 heterocycles. The molecule has 2 aromatic rings. The zero-order valence-corrected chi connectivity index (χ0v) is 8.45. The largest absolute Gasteiger partial charge is 0.325 e. The van der Waals surface area contributed by atoms with Gasteiger partial charge in [-0.25, -0.2) is 9.97 Å². The molecule has 0 aliphatic carbocycles. The van der Waals surface area contributed by atoms with Gasteiger partial charge < -0.3 is 5.73 Å². The Balaban J connectivity index is 2.66. The zero-order valence-electron chi connectivity index (χ0n) is 6.87. The van der Waals surface area contributed by atoms with Crippen molar-refractivity contribution in [2.45, 2.75) is 6.54 Å². The molecule has 4 heteroatoms. The van der Waals surface area contributed by atoms with E-state index in [9.17, 15) is 0 Å². The van der Waals surface area contributed by atoms with Crippen LogP contribution in [0.3, 0.4) is 0 Å². The molecule has 0 spiro atoms. The summed E-state index contributed by atoms with van der Waals surface area (Å²) in [6.07, 6.45) is 1.73. The Morgan fingerprint density at radius 1 is 1.38 bits per heavy atom. The molecule has 13 heavy (non-hydrogen) atoms. The van der Waals surface area contributed by atoms with Crippen LogP contribution in [0.5, 0.6) is 0 Å². The van der Waals surface area contributed by atoms with E-state index in [0.717, 1.165) is 21.2 Å². The molecule has 0 aromatic carbocycles. The van der Waals surface area contributed by atoms with Crippen LogP contribution >= 0.6 is 15.9 Å². The topological polar surface area (TPSA) is 51.8 Å². The molecule has 0 bridgehead atoms. The lowest BCUT2D eigenvalue weighted by Gasteiger charge is -1.99. The molecule has 0 fully saturated rings. The second-order valence-corrected chi connectivity index (χ2v) is 3.62. The predicted octanol–water partition coefficient (Wildman–Crippen LogP) is 1.85. The van der Waals surface area contributed by atoms with E-state index in [-0.39, 0.29) is 0 Å². The maximum Gasteiger partial charge on any atom is 0.159 e. The average Bonchev–Trinajstić information content (AvgIpc) is 2.17. The van der Waals surface area contributed by atoms with E-state index in [1.807, 2.05) is 18.2 Å². The number of hydrogen-bond acceptors (Lipinski definition) is 3. The standard InChI is InChI=1S/C9H8BrN3/c10-7-3-6-1-2-8(4-11)13-9(6)12-5-7/h1-3,5H,4,11H2. The van der Waals surface area contributed by atoms with E-state index in [4.69, 9.17) is 5.73 Å². The highest BCUT2D eigenvalue weighted by atomic mass is 79.9. The number of halogens is 1. The van der Waals surface area contributed by atoms with Gasteiger partial charge in [0.05, 0.1) is 5.69 Å². The quantitative estimate of drug-likeness (QED) is 0.824. The summed E-state index contributed by atoms with van der Waals surface area (Å²) in [6, 6.07) is 5.87. The molecule has 2 aromatic heterocycles.